The predicted molar refractivity (Wildman–Crippen MR) is 104 cm³/mol. The van der Waals surface area contributed by atoms with Crippen LogP contribution in [0, 0.1) is 0 Å². The monoisotopic (exact) mass is 385 g/mol. The maximum Gasteiger partial charge on any atom is 0.323 e. The molecule has 0 aliphatic rings. The van der Waals surface area contributed by atoms with Gasteiger partial charge in [0.1, 0.15) is 6.54 Å². The van der Waals surface area contributed by atoms with E-state index in [0.717, 1.165) is 15.6 Å². The van der Waals surface area contributed by atoms with Gasteiger partial charge in [0.15, 0.2) is 11.5 Å². The first-order valence-corrected chi connectivity index (χ1v) is 9.09. The maximum atomic E-state index is 13.1. The summed E-state index contributed by atoms with van der Waals surface area (Å²) in [5.41, 5.74) is 1.26. The molecular weight excluding hydrogens is 366 g/mol. The number of carbonyl (C=O) groups is 2. The first-order valence-electron chi connectivity index (χ1n) is 8.21. The fourth-order valence-electron chi connectivity index (χ4n) is 2.88. The van der Waals surface area contributed by atoms with E-state index in [0.29, 0.717) is 17.1 Å². The summed E-state index contributed by atoms with van der Waals surface area (Å²) in [5.74, 6) is -0.284. The van der Waals surface area contributed by atoms with Crippen LogP contribution >= 0.6 is 11.3 Å². The first kappa shape index (κ1) is 18.7. The average molecular weight is 385 g/mol. The molecule has 0 bridgehead atoms. The lowest BCUT2D eigenvalue weighted by molar-refractivity contribution is -0.137. The molecule has 0 radical (unpaired) electrons. The van der Waals surface area contributed by atoms with Gasteiger partial charge in [-0.1, -0.05) is 24.3 Å². The average Bonchev–Trinajstić information content (AvgIpc) is 3.10. The predicted octanol–water partition coefficient (Wildman–Crippen LogP) is 3.65. The molecule has 0 spiro atoms. The van der Waals surface area contributed by atoms with Crippen LogP contribution in [0.4, 0.5) is 0 Å². The number of aliphatic carboxylic acids is 1. The number of thiophene rings is 1. The van der Waals surface area contributed by atoms with Crippen molar-refractivity contribution < 1.29 is 24.2 Å². The number of hydrogen-bond donors (Lipinski definition) is 1. The largest absolute Gasteiger partial charge is 0.493 e. The third kappa shape index (κ3) is 4.03. The molecule has 1 aromatic heterocycles. The highest BCUT2D eigenvalue weighted by Gasteiger charge is 2.22. The number of carboxylic acids is 1. The van der Waals surface area contributed by atoms with Crippen molar-refractivity contribution in [3.63, 3.8) is 0 Å². The molecule has 27 heavy (non-hydrogen) atoms. The second-order valence-electron chi connectivity index (χ2n) is 5.89. The first-order chi connectivity index (χ1) is 13.0. The number of rotatable bonds is 7. The van der Waals surface area contributed by atoms with Gasteiger partial charge < -0.3 is 19.5 Å². The minimum atomic E-state index is -1.07. The maximum absolute atomic E-state index is 13.1. The summed E-state index contributed by atoms with van der Waals surface area (Å²) in [4.78, 5) is 25.7. The number of carbonyl (C=O) groups excluding carboxylic acids is 1. The van der Waals surface area contributed by atoms with Gasteiger partial charge in [-0.05, 0) is 23.8 Å². The van der Waals surface area contributed by atoms with E-state index >= 15 is 0 Å². The molecule has 3 aromatic rings. The van der Waals surface area contributed by atoms with Crippen molar-refractivity contribution in [2.24, 2.45) is 0 Å². The number of ether oxygens (including phenoxy) is 2. The quantitative estimate of drug-likeness (QED) is 0.672. The molecule has 6 nitrogen and oxygen atoms in total. The van der Waals surface area contributed by atoms with Crippen molar-refractivity contribution >= 4 is 33.3 Å². The lowest BCUT2D eigenvalue weighted by Crippen LogP contribution is -2.35. The molecule has 2 aromatic carbocycles. The van der Waals surface area contributed by atoms with E-state index in [1.54, 1.807) is 30.7 Å². The third-order valence-corrected chi connectivity index (χ3v) is 5.11. The Labute approximate surface area is 160 Å². The van der Waals surface area contributed by atoms with E-state index in [2.05, 4.69) is 0 Å². The summed E-state index contributed by atoms with van der Waals surface area (Å²) < 4.78 is 11.5. The van der Waals surface area contributed by atoms with Gasteiger partial charge in [-0.25, -0.2) is 0 Å². The number of benzene rings is 2. The summed E-state index contributed by atoms with van der Waals surface area (Å²) in [5, 5.41) is 11.9. The smallest absolute Gasteiger partial charge is 0.323 e. The fraction of sp³-hybridized carbons (Fsp3) is 0.200. The molecule has 0 saturated carbocycles. The van der Waals surface area contributed by atoms with Gasteiger partial charge in [0.05, 0.1) is 19.8 Å². The van der Waals surface area contributed by atoms with Crippen LogP contribution in [0.2, 0.25) is 0 Å². The van der Waals surface area contributed by atoms with E-state index in [4.69, 9.17) is 9.47 Å². The standard InChI is InChI=1S/C20H19NO5S/c1-25-16-8-7-13(9-17(16)26-2)10-21(11-19(22)23)20(24)15-12-27-18-6-4-3-5-14(15)18/h3-9,12H,10-11H2,1-2H3,(H,22,23). The lowest BCUT2D eigenvalue weighted by Gasteiger charge is -2.21. The van der Waals surface area contributed by atoms with Crippen molar-refractivity contribution in [2.45, 2.75) is 6.54 Å². The van der Waals surface area contributed by atoms with Gasteiger partial charge >= 0.3 is 5.97 Å². The molecule has 0 aliphatic carbocycles. The van der Waals surface area contributed by atoms with E-state index < -0.39 is 12.5 Å². The van der Waals surface area contributed by atoms with Gasteiger partial charge in [-0.3, -0.25) is 9.59 Å². The van der Waals surface area contributed by atoms with Gasteiger partial charge in [0, 0.05) is 22.0 Å². The summed E-state index contributed by atoms with van der Waals surface area (Å²) >= 11 is 1.46. The summed E-state index contributed by atoms with van der Waals surface area (Å²) in [7, 11) is 3.07. The zero-order valence-corrected chi connectivity index (χ0v) is 15.8. The molecule has 7 heteroatoms. The van der Waals surface area contributed by atoms with Crippen LogP contribution in [0.15, 0.2) is 47.8 Å². The number of fused-ring (bicyclic) bond motifs is 1. The normalized spacial score (nSPS) is 10.6. The van der Waals surface area contributed by atoms with Crippen LogP contribution in [-0.4, -0.2) is 42.6 Å². The highest BCUT2D eigenvalue weighted by atomic mass is 32.1. The van der Waals surface area contributed by atoms with E-state index in [-0.39, 0.29) is 12.5 Å². The number of nitrogens with zero attached hydrogens (tertiary/aromatic N) is 1. The van der Waals surface area contributed by atoms with Crippen LogP contribution in [0.5, 0.6) is 11.5 Å². The highest BCUT2D eigenvalue weighted by Crippen LogP contribution is 2.30. The van der Waals surface area contributed by atoms with Crippen LogP contribution in [0.25, 0.3) is 10.1 Å². The van der Waals surface area contributed by atoms with Gasteiger partial charge in [-0.15, -0.1) is 11.3 Å². The third-order valence-electron chi connectivity index (χ3n) is 4.15. The second-order valence-corrected chi connectivity index (χ2v) is 6.80. The lowest BCUT2D eigenvalue weighted by atomic mass is 10.1. The minimum Gasteiger partial charge on any atom is -0.493 e. The van der Waals surface area contributed by atoms with Gasteiger partial charge in [0.25, 0.3) is 5.91 Å². The molecule has 3 rings (SSSR count). The molecule has 0 unspecified atom stereocenters. The second kappa shape index (κ2) is 8.09. The number of amides is 1. The number of methoxy groups -OCH3 is 2. The Balaban J connectivity index is 1.92. The van der Waals surface area contributed by atoms with Crippen molar-refractivity contribution in [3.05, 3.63) is 59.0 Å². The van der Waals surface area contributed by atoms with E-state index in [9.17, 15) is 14.7 Å². The van der Waals surface area contributed by atoms with Crippen LogP contribution in [0.3, 0.4) is 0 Å². The Morgan fingerprint density at radius 3 is 2.52 bits per heavy atom. The van der Waals surface area contributed by atoms with Crippen LogP contribution in [-0.2, 0) is 11.3 Å². The fourth-order valence-corrected chi connectivity index (χ4v) is 3.81. The Kier molecular flexibility index (Phi) is 5.61. The number of hydrogen-bond acceptors (Lipinski definition) is 5. The summed E-state index contributed by atoms with van der Waals surface area (Å²) in [6, 6.07) is 12.8. The molecule has 0 atom stereocenters. The topological polar surface area (TPSA) is 76.1 Å². The molecule has 0 fully saturated rings. The van der Waals surface area contributed by atoms with Crippen LogP contribution in [0.1, 0.15) is 15.9 Å². The van der Waals surface area contributed by atoms with Gasteiger partial charge in [-0.2, -0.15) is 0 Å². The van der Waals surface area contributed by atoms with Crippen LogP contribution < -0.4 is 9.47 Å². The molecule has 1 N–H and O–H groups in total. The van der Waals surface area contributed by atoms with Crippen molar-refractivity contribution in [1.29, 1.82) is 0 Å². The zero-order chi connectivity index (χ0) is 19.4. The Hall–Kier alpha value is -3.06. The molecular formula is C20H19NO5S. The summed E-state index contributed by atoms with van der Waals surface area (Å²) in [6.07, 6.45) is 0. The zero-order valence-electron chi connectivity index (χ0n) is 15.0. The molecule has 0 aliphatic heterocycles. The van der Waals surface area contributed by atoms with Crippen molar-refractivity contribution in [2.75, 3.05) is 20.8 Å². The highest BCUT2D eigenvalue weighted by molar-refractivity contribution is 7.17. The molecule has 0 saturated heterocycles. The minimum absolute atomic E-state index is 0.148. The molecule has 140 valence electrons. The number of carboxylic acid groups (broad SMARTS) is 1. The van der Waals surface area contributed by atoms with Crippen molar-refractivity contribution in [1.82, 2.24) is 4.90 Å². The van der Waals surface area contributed by atoms with E-state index in [1.165, 1.54) is 23.3 Å². The molecule has 1 amide bonds. The Bertz CT molecular complexity index is 981. The summed E-state index contributed by atoms with van der Waals surface area (Å²) in [6.45, 7) is -0.243. The van der Waals surface area contributed by atoms with Crippen molar-refractivity contribution in [3.8, 4) is 11.5 Å². The van der Waals surface area contributed by atoms with E-state index in [1.807, 2.05) is 24.3 Å². The Morgan fingerprint density at radius 1 is 1.07 bits per heavy atom. The Morgan fingerprint density at radius 2 is 1.81 bits per heavy atom. The van der Waals surface area contributed by atoms with Gasteiger partial charge in [0.2, 0.25) is 0 Å². The molecule has 1 heterocycles. The SMILES string of the molecule is COc1ccc(CN(CC(=O)O)C(=O)c2csc3ccccc23)cc1OC.